The van der Waals surface area contributed by atoms with Crippen molar-refractivity contribution in [2.24, 2.45) is 5.73 Å². The molecule has 0 radical (unpaired) electrons. The SMILES string of the molecule is NCCOB(Oc1ccc(Cl)cc1)Oc1ccc(COc2ccccc2)c(Cl)c1. The van der Waals surface area contributed by atoms with E-state index in [0.717, 1.165) is 11.3 Å². The highest BCUT2D eigenvalue weighted by atomic mass is 35.5. The summed E-state index contributed by atoms with van der Waals surface area (Å²) in [5.74, 6) is 1.82. The predicted octanol–water partition coefficient (Wildman–Crippen LogP) is 4.99. The van der Waals surface area contributed by atoms with Crippen LogP contribution in [0.2, 0.25) is 10.0 Å². The maximum absolute atomic E-state index is 6.38. The van der Waals surface area contributed by atoms with Crippen molar-refractivity contribution in [1.82, 2.24) is 0 Å². The smallest absolute Gasteiger partial charge is 0.501 e. The minimum absolute atomic E-state index is 0.273. The second-order valence-electron chi connectivity index (χ2n) is 5.99. The zero-order valence-corrected chi connectivity index (χ0v) is 17.1. The summed E-state index contributed by atoms with van der Waals surface area (Å²) in [5, 5.41) is 1.13. The highest BCUT2D eigenvalue weighted by molar-refractivity contribution is 6.38. The Kier molecular flexibility index (Phi) is 8.08. The average molecular weight is 432 g/mol. The standard InChI is InChI=1S/C21H20BCl2NO4/c23-17-7-10-19(11-8-17)28-22(27-13-12-25)29-20-9-6-16(21(24)14-20)15-26-18-4-2-1-3-5-18/h1-11,14H,12-13,15,25H2. The van der Waals surface area contributed by atoms with Gasteiger partial charge in [-0.25, -0.2) is 0 Å². The molecule has 0 bridgehead atoms. The van der Waals surface area contributed by atoms with E-state index in [-0.39, 0.29) is 6.61 Å². The Morgan fingerprint density at radius 3 is 2.17 bits per heavy atom. The zero-order valence-electron chi connectivity index (χ0n) is 15.6. The second-order valence-corrected chi connectivity index (χ2v) is 6.84. The Morgan fingerprint density at radius 1 is 0.793 bits per heavy atom. The molecule has 0 atom stereocenters. The Bertz CT molecular complexity index is 897. The number of halogens is 2. The number of hydrogen-bond acceptors (Lipinski definition) is 5. The molecule has 0 fully saturated rings. The Hall–Kier alpha value is -2.38. The molecule has 0 amide bonds. The molecule has 0 saturated heterocycles. The van der Waals surface area contributed by atoms with Crippen LogP contribution in [0.4, 0.5) is 0 Å². The van der Waals surface area contributed by atoms with Crippen LogP contribution in [-0.4, -0.2) is 20.5 Å². The summed E-state index contributed by atoms with van der Waals surface area (Å²) in [6, 6.07) is 21.7. The first-order valence-electron chi connectivity index (χ1n) is 9.01. The first kappa shape index (κ1) is 21.3. The number of ether oxygens (including phenoxy) is 1. The van der Waals surface area contributed by atoms with Gasteiger partial charge in [0.25, 0.3) is 0 Å². The fraction of sp³-hybridized carbons (Fsp3) is 0.143. The van der Waals surface area contributed by atoms with Gasteiger partial charge in [-0.1, -0.05) is 47.5 Å². The Labute approximate surface area is 180 Å². The largest absolute Gasteiger partial charge is 0.788 e. The van der Waals surface area contributed by atoms with Crippen molar-refractivity contribution < 1.29 is 18.7 Å². The maximum Gasteiger partial charge on any atom is 0.788 e. The van der Waals surface area contributed by atoms with Gasteiger partial charge in [0, 0.05) is 23.7 Å². The fourth-order valence-electron chi connectivity index (χ4n) is 2.39. The van der Waals surface area contributed by atoms with Crippen molar-refractivity contribution in [2.45, 2.75) is 6.61 Å². The normalized spacial score (nSPS) is 10.4. The van der Waals surface area contributed by atoms with Crippen LogP contribution in [0.25, 0.3) is 0 Å². The number of rotatable bonds is 10. The number of hydrogen-bond donors (Lipinski definition) is 1. The first-order valence-corrected chi connectivity index (χ1v) is 9.76. The van der Waals surface area contributed by atoms with Crippen molar-refractivity contribution in [3.8, 4) is 17.2 Å². The van der Waals surface area contributed by atoms with Crippen molar-refractivity contribution >= 4 is 30.5 Å². The van der Waals surface area contributed by atoms with Gasteiger partial charge in [0.1, 0.15) is 23.9 Å². The fourth-order valence-corrected chi connectivity index (χ4v) is 2.74. The lowest BCUT2D eigenvalue weighted by Gasteiger charge is -2.16. The number of benzene rings is 3. The molecule has 0 saturated carbocycles. The van der Waals surface area contributed by atoms with E-state index in [1.165, 1.54) is 0 Å². The van der Waals surface area contributed by atoms with Crippen molar-refractivity contribution in [3.05, 3.63) is 88.4 Å². The minimum Gasteiger partial charge on any atom is -0.501 e. The van der Waals surface area contributed by atoms with Crippen molar-refractivity contribution in [3.63, 3.8) is 0 Å². The molecule has 0 heterocycles. The van der Waals surface area contributed by atoms with Gasteiger partial charge in [-0.2, -0.15) is 0 Å². The molecule has 150 valence electrons. The highest BCUT2D eigenvalue weighted by Crippen LogP contribution is 2.25. The van der Waals surface area contributed by atoms with Gasteiger partial charge >= 0.3 is 7.32 Å². The summed E-state index contributed by atoms with van der Waals surface area (Å²) >= 11 is 12.3. The van der Waals surface area contributed by atoms with Crippen LogP contribution in [0.15, 0.2) is 72.8 Å². The molecule has 3 aromatic rings. The first-order chi connectivity index (χ1) is 14.1. The molecule has 29 heavy (non-hydrogen) atoms. The van der Waals surface area contributed by atoms with Crippen LogP contribution >= 0.6 is 23.2 Å². The lowest BCUT2D eigenvalue weighted by Crippen LogP contribution is -2.35. The summed E-state index contributed by atoms with van der Waals surface area (Å²) in [7, 11) is -0.984. The van der Waals surface area contributed by atoms with Gasteiger partial charge < -0.3 is 24.4 Å². The predicted molar refractivity (Wildman–Crippen MR) is 116 cm³/mol. The molecule has 2 N–H and O–H groups in total. The molecule has 0 aliphatic rings. The van der Waals surface area contributed by atoms with Crippen LogP contribution in [0.5, 0.6) is 17.2 Å². The third-order valence-corrected chi connectivity index (χ3v) is 4.42. The summed E-state index contributed by atoms with van der Waals surface area (Å²) in [5.41, 5.74) is 6.35. The molecule has 0 aliphatic carbocycles. The van der Waals surface area contributed by atoms with Crippen LogP contribution in [0.3, 0.4) is 0 Å². The highest BCUT2D eigenvalue weighted by Gasteiger charge is 2.27. The van der Waals surface area contributed by atoms with Crippen LogP contribution in [0.1, 0.15) is 5.56 Å². The van der Waals surface area contributed by atoms with Crippen LogP contribution in [0, 0.1) is 0 Å². The zero-order chi connectivity index (χ0) is 20.5. The second kappa shape index (κ2) is 11.0. The van der Waals surface area contributed by atoms with Crippen LogP contribution in [-0.2, 0) is 11.3 Å². The Balaban J connectivity index is 1.63. The third-order valence-electron chi connectivity index (χ3n) is 3.81. The average Bonchev–Trinajstić information content (AvgIpc) is 2.74. The van der Waals surface area contributed by atoms with Crippen molar-refractivity contribution in [1.29, 1.82) is 0 Å². The summed E-state index contributed by atoms with van der Waals surface area (Å²) < 4.78 is 22.8. The van der Waals surface area contributed by atoms with Crippen LogP contribution < -0.4 is 19.8 Å². The van der Waals surface area contributed by atoms with Gasteiger partial charge in [-0.05, 0) is 48.5 Å². The summed E-state index contributed by atoms with van der Waals surface area (Å²) in [6.45, 7) is 0.951. The van der Waals surface area contributed by atoms with E-state index in [9.17, 15) is 0 Å². The topological polar surface area (TPSA) is 62.9 Å². The van der Waals surface area contributed by atoms with E-state index in [0.29, 0.717) is 34.7 Å². The van der Waals surface area contributed by atoms with Gasteiger partial charge in [0.05, 0.1) is 5.02 Å². The molecule has 8 heteroatoms. The lowest BCUT2D eigenvalue weighted by atomic mass is 10.1. The lowest BCUT2D eigenvalue weighted by molar-refractivity contribution is 0.206. The van der Waals surface area contributed by atoms with Gasteiger partial charge in [-0.3, -0.25) is 0 Å². The molecule has 0 spiro atoms. The Morgan fingerprint density at radius 2 is 1.48 bits per heavy atom. The van der Waals surface area contributed by atoms with E-state index < -0.39 is 7.32 Å². The quantitative estimate of drug-likeness (QED) is 0.458. The third kappa shape index (κ3) is 6.87. The number of nitrogens with two attached hydrogens (primary N) is 1. The minimum atomic E-state index is -0.984. The summed E-state index contributed by atoms with van der Waals surface area (Å²) in [6.07, 6.45) is 0. The number of para-hydroxylation sites is 1. The molecule has 0 unspecified atom stereocenters. The van der Waals surface area contributed by atoms with Gasteiger partial charge in [0.2, 0.25) is 0 Å². The van der Waals surface area contributed by atoms with Gasteiger partial charge in [0.15, 0.2) is 0 Å². The van der Waals surface area contributed by atoms with E-state index in [4.69, 9.17) is 47.6 Å². The van der Waals surface area contributed by atoms with E-state index in [1.807, 2.05) is 36.4 Å². The van der Waals surface area contributed by atoms with E-state index >= 15 is 0 Å². The molecule has 5 nitrogen and oxygen atoms in total. The molecule has 0 aromatic heterocycles. The summed E-state index contributed by atoms with van der Waals surface area (Å²) in [4.78, 5) is 0. The monoisotopic (exact) mass is 431 g/mol. The molecule has 3 aromatic carbocycles. The van der Waals surface area contributed by atoms with E-state index in [2.05, 4.69) is 0 Å². The van der Waals surface area contributed by atoms with E-state index in [1.54, 1.807) is 36.4 Å². The molecular formula is C21H20BCl2NO4. The molecule has 3 rings (SSSR count). The molecule has 0 aliphatic heterocycles. The van der Waals surface area contributed by atoms with Gasteiger partial charge in [-0.15, -0.1) is 0 Å². The van der Waals surface area contributed by atoms with Crippen molar-refractivity contribution in [2.75, 3.05) is 13.2 Å². The molecular weight excluding hydrogens is 412 g/mol. The maximum atomic E-state index is 6.38.